The molecule has 0 aromatic rings. The maximum atomic E-state index is 9.14. The van der Waals surface area contributed by atoms with Gasteiger partial charge in [0.05, 0.1) is 0 Å². The summed E-state index contributed by atoms with van der Waals surface area (Å²) in [6.45, 7) is 4.39. The van der Waals surface area contributed by atoms with E-state index in [1.54, 1.807) is 0 Å². The Balaban J connectivity index is 0. The Bertz CT molecular complexity index is 32.6. The molecule has 3 heteroatoms. The molecule has 0 spiro atoms. The van der Waals surface area contributed by atoms with Gasteiger partial charge in [-0.25, -0.2) is 6.72 Å². The van der Waals surface area contributed by atoms with Crippen LogP contribution in [0.2, 0.25) is 0 Å². The maximum absolute atomic E-state index is 9.14. The Morgan fingerprint density at radius 3 is 1.80 bits per heavy atom. The minimum atomic E-state index is 0. The largest absolute Gasteiger partial charge is 0.655 e. The van der Waals surface area contributed by atoms with Gasteiger partial charge in [-0.1, -0.05) is 0 Å². The second-order valence-electron chi connectivity index (χ2n) is 0.546. The molecule has 0 unspecified atom stereocenters. The first-order valence-corrected chi connectivity index (χ1v) is 0.888. The van der Waals surface area contributed by atoms with Gasteiger partial charge in [-0.15, -0.1) is 0 Å². The zero-order valence-electron chi connectivity index (χ0n) is 3.01. The molecule has 0 aliphatic carbocycles. The summed E-state index contributed by atoms with van der Waals surface area (Å²) < 4.78 is 0.250. The number of hydrogen-bond donors (Lipinski definition) is 0. The quantitative estimate of drug-likeness (QED) is 0.152. The van der Waals surface area contributed by atoms with E-state index < -0.39 is 0 Å². The average Bonchev–Trinajstić information content (AvgIpc) is 0.811. The van der Waals surface area contributed by atoms with Crippen LogP contribution >= 0.6 is 0 Å². The number of hydroxylamine groups is 1. The van der Waals surface area contributed by atoms with E-state index in [9.17, 15) is 0 Å². The van der Waals surface area contributed by atoms with Crippen molar-refractivity contribution >= 4 is 6.72 Å². The van der Waals surface area contributed by atoms with Crippen LogP contribution in [0.1, 0.15) is 0 Å². The van der Waals surface area contributed by atoms with Gasteiger partial charge < -0.3 is 9.95 Å². The summed E-state index contributed by atoms with van der Waals surface area (Å²) in [5.41, 5.74) is 0. The van der Waals surface area contributed by atoms with Crippen molar-refractivity contribution in [3.63, 3.8) is 0 Å². The summed E-state index contributed by atoms with van der Waals surface area (Å²) in [5, 5.41) is 9.14. The molecule has 0 atom stereocenters. The summed E-state index contributed by atoms with van der Waals surface area (Å²) in [6, 6.07) is 0. The summed E-state index contributed by atoms with van der Waals surface area (Å²) >= 11 is 0. The van der Waals surface area contributed by atoms with Gasteiger partial charge in [0, 0.05) is 32.7 Å². The monoisotopic (exact) mass is 147 g/mol. The molecule has 0 rings (SSSR count). The topological polar surface area (TPSA) is 26.1 Å². The fourth-order valence-electron chi connectivity index (χ4n) is 0. The first-order valence-electron chi connectivity index (χ1n) is 0.888. The molecule has 27 valence electrons. The first-order chi connectivity index (χ1) is 1.73. The molecule has 2 nitrogen and oxygen atoms in total. The van der Waals surface area contributed by atoms with Crippen molar-refractivity contribution in [2.24, 2.45) is 0 Å². The molecule has 0 saturated heterocycles. The molecular formula is C2H4NOY-. The van der Waals surface area contributed by atoms with Gasteiger partial charge in [0.1, 0.15) is 7.05 Å². The van der Waals surface area contributed by atoms with Crippen molar-refractivity contribution in [3.8, 4) is 0 Å². The number of hydrogen-bond acceptors (Lipinski definition) is 1. The summed E-state index contributed by atoms with van der Waals surface area (Å²) in [7, 11) is 1.22. The van der Waals surface area contributed by atoms with Crippen LogP contribution in [0.3, 0.4) is 0 Å². The van der Waals surface area contributed by atoms with E-state index in [1.807, 2.05) is 0 Å². The molecule has 0 aliphatic heterocycles. The predicted octanol–water partition coefficient (Wildman–Crippen LogP) is -0.298. The van der Waals surface area contributed by atoms with Gasteiger partial charge >= 0.3 is 0 Å². The van der Waals surface area contributed by atoms with Crippen LogP contribution in [0, 0.1) is 5.21 Å². The molecule has 0 aliphatic rings. The minimum Gasteiger partial charge on any atom is -0.655 e. The van der Waals surface area contributed by atoms with Crippen LogP contribution < -0.4 is 0 Å². The van der Waals surface area contributed by atoms with Crippen LogP contribution in [0.4, 0.5) is 0 Å². The fourth-order valence-corrected chi connectivity index (χ4v) is 0. The van der Waals surface area contributed by atoms with Crippen molar-refractivity contribution in [3.05, 3.63) is 5.21 Å². The van der Waals surface area contributed by atoms with E-state index in [0.29, 0.717) is 0 Å². The Labute approximate surface area is 56.3 Å². The molecule has 0 saturated carbocycles. The molecule has 0 amide bonds. The Kier molecular flexibility index (Phi) is 8.35. The average molecular weight is 147 g/mol. The number of nitrogens with zero attached hydrogens (tertiary/aromatic N) is 1. The molecule has 0 bridgehead atoms. The minimum absolute atomic E-state index is 0. The molecule has 0 fully saturated rings. The molecule has 0 heterocycles. The van der Waals surface area contributed by atoms with E-state index >= 15 is 0 Å². The Morgan fingerprint density at radius 2 is 1.80 bits per heavy atom. The molecule has 0 N–H and O–H groups in total. The van der Waals surface area contributed by atoms with Crippen LogP contribution in [0.25, 0.3) is 0 Å². The van der Waals surface area contributed by atoms with Gasteiger partial charge in [0.2, 0.25) is 0 Å². The SMILES string of the molecule is [CH-]=[N+](C)[O-].[Y]. The fraction of sp³-hybridized carbons (Fsp3) is 0.500. The van der Waals surface area contributed by atoms with Crippen LogP contribution in [0.15, 0.2) is 0 Å². The first kappa shape index (κ1) is 9.13. The van der Waals surface area contributed by atoms with Crippen molar-refractivity contribution in [2.75, 3.05) is 7.05 Å². The van der Waals surface area contributed by atoms with Gasteiger partial charge in [0.25, 0.3) is 0 Å². The zero-order chi connectivity index (χ0) is 3.58. The van der Waals surface area contributed by atoms with Crippen LogP contribution in [0.5, 0.6) is 0 Å². The van der Waals surface area contributed by atoms with E-state index in [1.165, 1.54) is 7.05 Å². The zero-order valence-corrected chi connectivity index (χ0v) is 5.85. The smallest absolute Gasteiger partial charge is 0.109 e. The van der Waals surface area contributed by atoms with E-state index in [-0.39, 0.29) is 37.4 Å². The van der Waals surface area contributed by atoms with Crippen molar-refractivity contribution in [2.45, 2.75) is 0 Å². The summed E-state index contributed by atoms with van der Waals surface area (Å²) in [5.74, 6) is 0. The van der Waals surface area contributed by atoms with Crippen LogP contribution in [-0.2, 0) is 32.7 Å². The second-order valence-corrected chi connectivity index (χ2v) is 0.546. The third kappa shape index (κ3) is 92.0. The van der Waals surface area contributed by atoms with Crippen LogP contribution in [-0.4, -0.2) is 18.5 Å². The van der Waals surface area contributed by atoms with Gasteiger partial charge in [-0.05, 0) is 0 Å². The van der Waals surface area contributed by atoms with Gasteiger partial charge in [0.15, 0.2) is 0 Å². The second kappa shape index (κ2) is 4.57. The maximum Gasteiger partial charge on any atom is 0.109 e. The number of rotatable bonds is 0. The summed E-state index contributed by atoms with van der Waals surface area (Å²) in [4.78, 5) is 0. The van der Waals surface area contributed by atoms with E-state index in [2.05, 4.69) is 6.72 Å². The standard InChI is InChI=1S/C2H4NO.Y/c1-3(2)4;/h1H,2H3;/q-1;. The van der Waals surface area contributed by atoms with E-state index in [4.69, 9.17) is 5.21 Å². The van der Waals surface area contributed by atoms with E-state index in [0.717, 1.165) is 0 Å². The molecule has 5 heavy (non-hydrogen) atoms. The van der Waals surface area contributed by atoms with Gasteiger partial charge in [-0.3, -0.25) is 0 Å². The summed E-state index contributed by atoms with van der Waals surface area (Å²) in [6.07, 6.45) is 0. The van der Waals surface area contributed by atoms with Crippen molar-refractivity contribution < 1.29 is 37.4 Å². The van der Waals surface area contributed by atoms with Crippen molar-refractivity contribution in [1.29, 1.82) is 0 Å². The molecule has 0 aromatic carbocycles. The van der Waals surface area contributed by atoms with Gasteiger partial charge in [-0.2, -0.15) is 0 Å². The Hall–Kier alpha value is 0.574. The van der Waals surface area contributed by atoms with Crippen molar-refractivity contribution in [1.82, 2.24) is 0 Å². The third-order valence-corrected chi connectivity index (χ3v) is 0. The predicted molar refractivity (Wildman–Crippen MR) is 15.6 cm³/mol. The Morgan fingerprint density at radius 1 is 1.80 bits per heavy atom. The third-order valence-electron chi connectivity index (χ3n) is 0. The molecule has 0 aromatic heterocycles. The molecular weight excluding hydrogens is 143 g/mol. The molecule has 1 radical (unpaired) electrons. The normalized spacial score (nSPS) is 5.00.